The summed E-state index contributed by atoms with van der Waals surface area (Å²) in [6.45, 7) is 4.64. The van der Waals surface area contributed by atoms with Gasteiger partial charge in [0.25, 0.3) is 5.69 Å². The van der Waals surface area contributed by atoms with Gasteiger partial charge in [0.1, 0.15) is 5.69 Å². The van der Waals surface area contributed by atoms with Gasteiger partial charge in [-0.2, -0.15) is 0 Å². The van der Waals surface area contributed by atoms with Crippen molar-refractivity contribution in [1.82, 2.24) is 0 Å². The molecule has 0 radical (unpaired) electrons. The second kappa shape index (κ2) is 6.22. The third kappa shape index (κ3) is 2.93. The predicted molar refractivity (Wildman–Crippen MR) is 81.1 cm³/mol. The first kappa shape index (κ1) is 14.8. The Kier molecular flexibility index (Phi) is 4.60. The van der Waals surface area contributed by atoms with Gasteiger partial charge < -0.3 is 10.6 Å². The Labute approximate surface area is 119 Å². The fourth-order valence-electron chi connectivity index (χ4n) is 3.15. The van der Waals surface area contributed by atoms with Gasteiger partial charge in [0.2, 0.25) is 0 Å². The molecule has 2 rings (SSSR count). The fourth-order valence-corrected chi connectivity index (χ4v) is 3.15. The van der Waals surface area contributed by atoms with E-state index >= 15 is 0 Å². The Morgan fingerprint density at radius 1 is 1.35 bits per heavy atom. The van der Waals surface area contributed by atoms with Gasteiger partial charge in [-0.05, 0) is 45.6 Å². The Morgan fingerprint density at radius 3 is 2.55 bits per heavy atom. The van der Waals surface area contributed by atoms with Crippen molar-refractivity contribution in [3.63, 3.8) is 0 Å². The number of hydrogen-bond acceptors (Lipinski definition) is 4. The minimum atomic E-state index is -0.262. The van der Waals surface area contributed by atoms with Crippen LogP contribution in [0.1, 0.15) is 38.2 Å². The predicted octanol–water partition coefficient (Wildman–Crippen LogP) is 3.00. The van der Waals surface area contributed by atoms with Crippen molar-refractivity contribution in [3.8, 4) is 0 Å². The third-order valence-corrected chi connectivity index (χ3v) is 4.23. The van der Waals surface area contributed by atoms with Gasteiger partial charge in [0.05, 0.1) is 4.92 Å². The van der Waals surface area contributed by atoms with Crippen LogP contribution in [0, 0.1) is 17.0 Å². The second-order valence-corrected chi connectivity index (χ2v) is 5.55. The van der Waals surface area contributed by atoms with E-state index < -0.39 is 0 Å². The normalized spacial score (nSPS) is 22.6. The summed E-state index contributed by atoms with van der Waals surface area (Å²) in [5.41, 5.74) is 7.66. The Balaban J connectivity index is 2.32. The highest BCUT2D eigenvalue weighted by Gasteiger charge is 2.28. The van der Waals surface area contributed by atoms with Crippen LogP contribution in [-0.4, -0.2) is 23.6 Å². The van der Waals surface area contributed by atoms with Crippen LogP contribution in [0.3, 0.4) is 0 Å². The van der Waals surface area contributed by atoms with Crippen molar-refractivity contribution in [1.29, 1.82) is 0 Å². The van der Waals surface area contributed by atoms with Gasteiger partial charge in [-0.1, -0.05) is 12.1 Å². The van der Waals surface area contributed by atoms with Crippen LogP contribution in [0.5, 0.6) is 0 Å². The number of anilines is 1. The molecule has 5 heteroatoms. The molecule has 0 unspecified atom stereocenters. The van der Waals surface area contributed by atoms with E-state index in [2.05, 4.69) is 11.8 Å². The Bertz CT molecular complexity index is 482. The second-order valence-electron chi connectivity index (χ2n) is 5.55. The Morgan fingerprint density at radius 2 is 2.00 bits per heavy atom. The zero-order valence-corrected chi connectivity index (χ0v) is 12.2. The van der Waals surface area contributed by atoms with Crippen molar-refractivity contribution in [2.24, 2.45) is 5.73 Å². The minimum Gasteiger partial charge on any atom is -0.363 e. The number of nitro benzene ring substituents is 1. The summed E-state index contributed by atoms with van der Waals surface area (Å²) in [5, 5.41) is 11.4. The lowest BCUT2D eigenvalue weighted by molar-refractivity contribution is -0.384. The molecule has 1 aromatic rings. The topological polar surface area (TPSA) is 72.4 Å². The molecular formula is C15H23N3O2. The lowest BCUT2D eigenvalue weighted by Crippen LogP contribution is -2.41. The number of benzene rings is 1. The van der Waals surface area contributed by atoms with Crippen LogP contribution in [-0.2, 0) is 0 Å². The van der Waals surface area contributed by atoms with Crippen molar-refractivity contribution in [2.75, 3.05) is 11.4 Å². The summed E-state index contributed by atoms with van der Waals surface area (Å²) >= 11 is 0. The van der Waals surface area contributed by atoms with E-state index in [4.69, 9.17) is 5.73 Å². The van der Waals surface area contributed by atoms with Crippen molar-refractivity contribution in [3.05, 3.63) is 33.9 Å². The SMILES string of the molecule is CCN(c1cccc(C)c1[N+](=O)[O-])C1CCC(N)CC1. The van der Waals surface area contributed by atoms with Gasteiger partial charge in [0, 0.05) is 24.2 Å². The van der Waals surface area contributed by atoms with Gasteiger partial charge in [-0.15, -0.1) is 0 Å². The summed E-state index contributed by atoms with van der Waals surface area (Å²) in [7, 11) is 0. The van der Waals surface area contributed by atoms with E-state index in [0.717, 1.165) is 43.5 Å². The lowest BCUT2D eigenvalue weighted by atomic mass is 9.90. The van der Waals surface area contributed by atoms with Crippen LogP contribution in [0.25, 0.3) is 0 Å². The number of hydrogen-bond donors (Lipinski definition) is 1. The summed E-state index contributed by atoms with van der Waals surface area (Å²) < 4.78 is 0. The van der Waals surface area contributed by atoms with Gasteiger partial charge >= 0.3 is 0 Å². The molecule has 0 amide bonds. The molecule has 0 aromatic heterocycles. The highest BCUT2D eigenvalue weighted by molar-refractivity contribution is 5.67. The smallest absolute Gasteiger partial charge is 0.295 e. The van der Waals surface area contributed by atoms with Crippen molar-refractivity contribution >= 4 is 11.4 Å². The fraction of sp³-hybridized carbons (Fsp3) is 0.600. The molecule has 0 atom stereocenters. The first-order chi connectivity index (χ1) is 9.54. The lowest BCUT2D eigenvalue weighted by Gasteiger charge is -2.36. The average Bonchev–Trinajstić information content (AvgIpc) is 2.41. The van der Waals surface area contributed by atoms with Crippen molar-refractivity contribution < 1.29 is 4.92 Å². The standard InChI is InChI=1S/C15H23N3O2/c1-3-17(13-9-7-12(16)8-10-13)14-6-4-5-11(2)15(14)18(19)20/h4-6,12-13H,3,7-10,16H2,1-2H3. The summed E-state index contributed by atoms with van der Waals surface area (Å²) in [6, 6.07) is 6.21. The van der Waals surface area contributed by atoms with Gasteiger partial charge in [-0.3, -0.25) is 10.1 Å². The molecular weight excluding hydrogens is 254 g/mol. The summed E-state index contributed by atoms with van der Waals surface area (Å²) in [4.78, 5) is 13.3. The highest BCUT2D eigenvalue weighted by atomic mass is 16.6. The minimum absolute atomic E-state index is 0.240. The molecule has 1 fully saturated rings. The van der Waals surface area contributed by atoms with E-state index in [1.54, 1.807) is 13.0 Å². The largest absolute Gasteiger partial charge is 0.363 e. The van der Waals surface area contributed by atoms with Crippen LogP contribution in [0.2, 0.25) is 0 Å². The maximum Gasteiger partial charge on any atom is 0.295 e. The van der Waals surface area contributed by atoms with Crippen LogP contribution < -0.4 is 10.6 Å². The molecule has 2 N–H and O–H groups in total. The number of nitrogens with zero attached hydrogens (tertiary/aromatic N) is 2. The molecule has 0 saturated heterocycles. The number of aryl methyl sites for hydroxylation is 1. The molecule has 1 aliphatic rings. The van der Waals surface area contributed by atoms with Crippen molar-refractivity contribution in [2.45, 2.75) is 51.6 Å². The molecule has 1 aliphatic carbocycles. The molecule has 0 bridgehead atoms. The number of para-hydroxylation sites is 1. The molecule has 0 aliphatic heterocycles. The maximum atomic E-state index is 11.4. The van der Waals surface area contributed by atoms with Gasteiger partial charge in [0.15, 0.2) is 0 Å². The van der Waals surface area contributed by atoms with E-state index in [1.807, 2.05) is 12.1 Å². The zero-order valence-electron chi connectivity index (χ0n) is 12.2. The zero-order chi connectivity index (χ0) is 14.7. The summed E-state index contributed by atoms with van der Waals surface area (Å²) in [6.07, 6.45) is 4.03. The number of nitro groups is 1. The van der Waals surface area contributed by atoms with Crippen LogP contribution in [0.4, 0.5) is 11.4 Å². The average molecular weight is 277 g/mol. The molecule has 110 valence electrons. The van der Waals surface area contributed by atoms with Crippen LogP contribution >= 0.6 is 0 Å². The highest BCUT2D eigenvalue weighted by Crippen LogP contribution is 2.35. The molecule has 0 heterocycles. The molecule has 5 nitrogen and oxygen atoms in total. The van der Waals surface area contributed by atoms with E-state index in [9.17, 15) is 10.1 Å². The first-order valence-corrected chi connectivity index (χ1v) is 7.30. The van der Waals surface area contributed by atoms with E-state index in [-0.39, 0.29) is 16.7 Å². The molecule has 1 saturated carbocycles. The van der Waals surface area contributed by atoms with E-state index in [0.29, 0.717) is 6.04 Å². The van der Waals surface area contributed by atoms with Gasteiger partial charge in [-0.25, -0.2) is 0 Å². The van der Waals surface area contributed by atoms with Crippen LogP contribution in [0.15, 0.2) is 18.2 Å². The summed E-state index contributed by atoms with van der Waals surface area (Å²) in [5.74, 6) is 0. The van der Waals surface area contributed by atoms with E-state index in [1.165, 1.54) is 0 Å². The monoisotopic (exact) mass is 277 g/mol. The first-order valence-electron chi connectivity index (χ1n) is 7.30. The molecule has 0 spiro atoms. The quantitative estimate of drug-likeness (QED) is 0.678. The molecule has 20 heavy (non-hydrogen) atoms. The third-order valence-electron chi connectivity index (χ3n) is 4.23. The molecule has 1 aromatic carbocycles. The number of nitrogens with two attached hydrogens (primary N) is 1. The number of rotatable bonds is 4. The Hall–Kier alpha value is -1.62. The maximum absolute atomic E-state index is 11.4.